The van der Waals surface area contributed by atoms with Gasteiger partial charge in [-0.1, -0.05) is 12.1 Å². The normalized spacial score (nSPS) is 20.7. The number of methoxy groups -OCH3 is 1. The summed E-state index contributed by atoms with van der Waals surface area (Å²) in [5.41, 5.74) is 1.10. The van der Waals surface area contributed by atoms with Crippen LogP contribution >= 0.6 is 0 Å². The molecule has 1 aromatic rings. The summed E-state index contributed by atoms with van der Waals surface area (Å²) < 4.78 is 5.06. The molecular weight excluding hydrogens is 246 g/mol. The van der Waals surface area contributed by atoms with E-state index in [1.54, 1.807) is 7.11 Å². The van der Waals surface area contributed by atoms with Crippen molar-refractivity contribution in [1.82, 2.24) is 5.32 Å². The van der Waals surface area contributed by atoms with E-state index >= 15 is 0 Å². The summed E-state index contributed by atoms with van der Waals surface area (Å²) in [6, 6.07) is 7.64. The van der Waals surface area contributed by atoms with Crippen LogP contribution in [0.4, 0.5) is 0 Å². The Labute approximate surface area is 111 Å². The Hall–Kier alpha value is -2.04. The fraction of sp³-hybridized carbons (Fsp3) is 0.429. The molecule has 1 fully saturated rings. The molecule has 0 saturated heterocycles. The van der Waals surface area contributed by atoms with Crippen LogP contribution in [0.5, 0.6) is 5.75 Å². The minimum Gasteiger partial charge on any atom is -0.497 e. The Bertz CT molecular complexity index is 469. The first-order valence-corrected chi connectivity index (χ1v) is 6.25. The van der Waals surface area contributed by atoms with Crippen molar-refractivity contribution in [2.24, 2.45) is 11.8 Å². The number of carbonyl (C=O) groups excluding carboxylic acids is 1. The van der Waals surface area contributed by atoms with E-state index in [2.05, 4.69) is 5.32 Å². The summed E-state index contributed by atoms with van der Waals surface area (Å²) in [7, 11) is 1.61. The second-order valence-electron chi connectivity index (χ2n) is 4.68. The lowest BCUT2D eigenvalue weighted by Gasteiger charge is -2.05. The maximum Gasteiger partial charge on any atom is 0.307 e. The Kier molecular flexibility index (Phi) is 4.04. The molecule has 1 saturated carbocycles. The molecule has 0 heterocycles. The maximum absolute atomic E-state index is 11.6. The van der Waals surface area contributed by atoms with Gasteiger partial charge in [0, 0.05) is 6.54 Å². The summed E-state index contributed by atoms with van der Waals surface area (Å²) in [5.74, 6) is -1.05. The van der Waals surface area contributed by atoms with Crippen LogP contribution in [-0.2, 0) is 16.0 Å². The highest BCUT2D eigenvalue weighted by molar-refractivity contribution is 5.89. The lowest BCUT2D eigenvalue weighted by molar-refractivity contribution is -0.140. The Morgan fingerprint density at radius 3 is 2.53 bits per heavy atom. The molecule has 1 aromatic carbocycles. The van der Waals surface area contributed by atoms with Crippen molar-refractivity contribution in [3.63, 3.8) is 0 Å². The quantitative estimate of drug-likeness (QED) is 0.805. The van der Waals surface area contributed by atoms with Gasteiger partial charge in [0.25, 0.3) is 0 Å². The van der Waals surface area contributed by atoms with Gasteiger partial charge in [-0.15, -0.1) is 0 Å². The molecule has 1 amide bonds. The Balaban J connectivity index is 1.71. The van der Waals surface area contributed by atoms with E-state index in [0.717, 1.165) is 17.7 Å². The summed E-state index contributed by atoms with van der Waals surface area (Å²) in [6.07, 6.45) is 1.18. The number of carboxylic acid groups (broad SMARTS) is 1. The van der Waals surface area contributed by atoms with Gasteiger partial charge in [-0.25, -0.2) is 0 Å². The summed E-state index contributed by atoms with van der Waals surface area (Å²) >= 11 is 0. The molecule has 5 nitrogen and oxygen atoms in total. The Morgan fingerprint density at radius 2 is 2.00 bits per heavy atom. The van der Waals surface area contributed by atoms with Gasteiger partial charge < -0.3 is 15.2 Å². The number of hydrogen-bond acceptors (Lipinski definition) is 3. The van der Waals surface area contributed by atoms with E-state index in [1.807, 2.05) is 24.3 Å². The Morgan fingerprint density at radius 1 is 1.32 bits per heavy atom. The summed E-state index contributed by atoms with van der Waals surface area (Å²) in [4.78, 5) is 22.3. The topological polar surface area (TPSA) is 75.6 Å². The van der Waals surface area contributed by atoms with Gasteiger partial charge in [-0.3, -0.25) is 9.59 Å². The van der Waals surface area contributed by atoms with Gasteiger partial charge in [0.2, 0.25) is 5.91 Å². The van der Waals surface area contributed by atoms with Crippen LogP contribution in [0.3, 0.4) is 0 Å². The van der Waals surface area contributed by atoms with Crippen LogP contribution in [-0.4, -0.2) is 30.6 Å². The molecule has 2 atom stereocenters. The van der Waals surface area contributed by atoms with Crippen LogP contribution in [0.2, 0.25) is 0 Å². The maximum atomic E-state index is 11.6. The number of amides is 1. The molecule has 0 radical (unpaired) electrons. The van der Waals surface area contributed by atoms with Gasteiger partial charge in [0.15, 0.2) is 0 Å². The van der Waals surface area contributed by atoms with Gasteiger partial charge >= 0.3 is 5.97 Å². The molecule has 1 aliphatic carbocycles. The largest absolute Gasteiger partial charge is 0.497 e. The molecule has 0 aromatic heterocycles. The minimum atomic E-state index is -0.879. The van der Waals surface area contributed by atoms with E-state index in [4.69, 9.17) is 9.84 Å². The SMILES string of the molecule is COc1ccc(CCNC(=O)[C@@H]2C[C@@H]2C(=O)O)cc1. The van der Waals surface area contributed by atoms with Crippen molar-refractivity contribution >= 4 is 11.9 Å². The van der Waals surface area contributed by atoms with Crippen molar-refractivity contribution in [2.75, 3.05) is 13.7 Å². The average Bonchev–Trinajstić information content (AvgIpc) is 3.20. The smallest absolute Gasteiger partial charge is 0.307 e. The van der Waals surface area contributed by atoms with E-state index in [0.29, 0.717) is 13.0 Å². The fourth-order valence-corrected chi connectivity index (χ4v) is 2.01. The number of carbonyl (C=O) groups is 2. The first-order valence-electron chi connectivity index (χ1n) is 6.25. The molecule has 0 unspecified atom stereocenters. The minimum absolute atomic E-state index is 0.152. The third-order valence-electron chi connectivity index (χ3n) is 3.32. The van der Waals surface area contributed by atoms with Gasteiger partial charge in [0.1, 0.15) is 5.75 Å². The highest BCUT2D eigenvalue weighted by Gasteiger charge is 2.48. The molecule has 19 heavy (non-hydrogen) atoms. The van der Waals surface area contributed by atoms with E-state index in [9.17, 15) is 9.59 Å². The van der Waals surface area contributed by atoms with Crippen LogP contribution in [0.1, 0.15) is 12.0 Å². The third-order valence-corrected chi connectivity index (χ3v) is 3.32. The zero-order chi connectivity index (χ0) is 13.8. The number of hydrogen-bond donors (Lipinski definition) is 2. The summed E-state index contributed by atoms with van der Waals surface area (Å²) in [6.45, 7) is 0.522. The standard InChI is InChI=1S/C14H17NO4/c1-19-10-4-2-9(3-5-10)6-7-15-13(16)11-8-12(11)14(17)18/h2-5,11-12H,6-8H2,1H3,(H,15,16)(H,17,18)/t11-,12+/m1/s1. The molecule has 0 bridgehead atoms. The number of nitrogens with one attached hydrogen (secondary N) is 1. The molecule has 102 valence electrons. The van der Waals surface area contributed by atoms with Gasteiger partial charge in [-0.2, -0.15) is 0 Å². The van der Waals surface area contributed by atoms with E-state index in [-0.39, 0.29) is 11.8 Å². The number of carboxylic acids is 1. The van der Waals surface area contributed by atoms with Gasteiger partial charge in [-0.05, 0) is 30.5 Å². The number of rotatable bonds is 6. The zero-order valence-corrected chi connectivity index (χ0v) is 10.8. The fourth-order valence-electron chi connectivity index (χ4n) is 2.01. The predicted molar refractivity (Wildman–Crippen MR) is 68.9 cm³/mol. The monoisotopic (exact) mass is 263 g/mol. The first kappa shape index (κ1) is 13.4. The van der Waals surface area contributed by atoms with Crippen LogP contribution in [0.15, 0.2) is 24.3 Å². The summed E-state index contributed by atoms with van der Waals surface area (Å²) in [5, 5.41) is 11.5. The van der Waals surface area contributed by atoms with Gasteiger partial charge in [0.05, 0.1) is 18.9 Å². The van der Waals surface area contributed by atoms with E-state index in [1.165, 1.54) is 0 Å². The second kappa shape index (κ2) is 5.73. The third kappa shape index (κ3) is 3.47. The highest BCUT2D eigenvalue weighted by Crippen LogP contribution is 2.38. The predicted octanol–water partition coefficient (Wildman–Crippen LogP) is 1.07. The van der Waals surface area contributed by atoms with Crippen LogP contribution in [0.25, 0.3) is 0 Å². The number of aliphatic carboxylic acids is 1. The average molecular weight is 263 g/mol. The lowest BCUT2D eigenvalue weighted by atomic mass is 10.1. The molecular formula is C14H17NO4. The van der Waals surface area contributed by atoms with E-state index < -0.39 is 11.9 Å². The highest BCUT2D eigenvalue weighted by atomic mass is 16.5. The first-order chi connectivity index (χ1) is 9.11. The van der Waals surface area contributed by atoms with Crippen molar-refractivity contribution in [1.29, 1.82) is 0 Å². The lowest BCUT2D eigenvalue weighted by Crippen LogP contribution is -2.28. The molecule has 0 spiro atoms. The molecule has 2 N–H and O–H groups in total. The van der Waals surface area contributed by atoms with Crippen LogP contribution in [0, 0.1) is 11.8 Å². The number of ether oxygens (including phenoxy) is 1. The van der Waals surface area contributed by atoms with Crippen molar-refractivity contribution < 1.29 is 19.4 Å². The van der Waals surface area contributed by atoms with Crippen LogP contribution < -0.4 is 10.1 Å². The molecule has 5 heteroatoms. The molecule has 1 aliphatic rings. The van der Waals surface area contributed by atoms with Crippen molar-refractivity contribution in [3.05, 3.63) is 29.8 Å². The molecule has 0 aliphatic heterocycles. The number of benzene rings is 1. The van der Waals surface area contributed by atoms with Crippen molar-refractivity contribution in [2.45, 2.75) is 12.8 Å². The van der Waals surface area contributed by atoms with Crippen molar-refractivity contribution in [3.8, 4) is 5.75 Å². The zero-order valence-electron chi connectivity index (χ0n) is 10.8. The molecule has 2 rings (SSSR count). The second-order valence-corrected chi connectivity index (χ2v) is 4.68.